The Labute approximate surface area is 101 Å². The lowest BCUT2D eigenvalue weighted by molar-refractivity contribution is 0.413. The fourth-order valence-electron chi connectivity index (χ4n) is 1.28. The first kappa shape index (κ1) is 14.3. The second kappa shape index (κ2) is 6.26. The normalized spacial score (nSPS) is 10.9. The molecule has 1 nitrogen and oxygen atoms in total. The highest BCUT2D eigenvalue weighted by Crippen LogP contribution is 2.31. The van der Waals surface area contributed by atoms with Gasteiger partial charge in [-0.15, -0.1) is 11.8 Å². The first-order valence-corrected chi connectivity index (χ1v) is 6.20. The summed E-state index contributed by atoms with van der Waals surface area (Å²) in [5.41, 5.74) is 4.29. The van der Waals surface area contributed by atoms with E-state index in [1.165, 1.54) is 0 Å². The van der Waals surface area contributed by atoms with E-state index < -0.39 is 40.3 Å². The van der Waals surface area contributed by atoms with E-state index in [1.54, 1.807) is 0 Å². The van der Waals surface area contributed by atoms with Crippen LogP contribution in [0.3, 0.4) is 0 Å². The zero-order valence-corrected chi connectivity index (χ0v) is 10.1. The number of rotatable bonds is 5. The molecule has 0 aliphatic heterocycles. The molecule has 6 heteroatoms. The Morgan fingerprint density at radius 1 is 1.00 bits per heavy atom. The van der Waals surface area contributed by atoms with Gasteiger partial charge in [-0.25, -0.2) is 17.6 Å². The van der Waals surface area contributed by atoms with Crippen LogP contribution in [0.15, 0.2) is 4.90 Å². The number of hydrogen-bond donors (Lipinski definition) is 1. The Morgan fingerprint density at radius 2 is 1.53 bits per heavy atom. The van der Waals surface area contributed by atoms with E-state index >= 15 is 0 Å². The molecule has 0 aromatic heterocycles. The van der Waals surface area contributed by atoms with Crippen LogP contribution in [0, 0.1) is 23.3 Å². The predicted octanol–water partition coefficient (Wildman–Crippen LogP) is 3.59. The Bertz CT molecular complexity index is 380. The molecule has 0 heterocycles. The van der Waals surface area contributed by atoms with Crippen LogP contribution >= 0.6 is 11.8 Å². The summed E-state index contributed by atoms with van der Waals surface area (Å²) in [5.74, 6) is -5.10. The van der Waals surface area contributed by atoms with E-state index in [4.69, 9.17) is 5.73 Å². The number of thioether (sulfide) groups is 1. The summed E-state index contributed by atoms with van der Waals surface area (Å²) in [4.78, 5) is -0.606. The standard InChI is InChI=1S/C11H13F4NS/c1-2-3-4-17-11-9(14)7(12)6(5-16)8(13)10(11)15/h2-5,16H2,1H3. The van der Waals surface area contributed by atoms with Crippen LogP contribution in [0.25, 0.3) is 0 Å². The van der Waals surface area contributed by atoms with Crippen molar-refractivity contribution in [2.24, 2.45) is 5.73 Å². The lowest BCUT2D eigenvalue weighted by Crippen LogP contribution is -2.10. The Morgan fingerprint density at radius 3 is 1.94 bits per heavy atom. The SMILES string of the molecule is CCCCSc1c(F)c(F)c(CN)c(F)c1F. The smallest absolute Gasteiger partial charge is 0.175 e. The average Bonchev–Trinajstić information content (AvgIpc) is 2.32. The van der Waals surface area contributed by atoms with Gasteiger partial charge in [-0.2, -0.15) is 0 Å². The molecule has 1 rings (SSSR count). The van der Waals surface area contributed by atoms with E-state index in [0.717, 1.165) is 18.2 Å². The zero-order valence-electron chi connectivity index (χ0n) is 9.33. The summed E-state index contributed by atoms with van der Waals surface area (Å²) in [6.45, 7) is 1.33. The van der Waals surface area contributed by atoms with Crippen LogP contribution in [-0.2, 0) is 6.54 Å². The Balaban J connectivity index is 3.13. The van der Waals surface area contributed by atoms with Gasteiger partial charge in [0, 0.05) is 12.1 Å². The van der Waals surface area contributed by atoms with Gasteiger partial charge >= 0.3 is 0 Å². The summed E-state index contributed by atoms with van der Waals surface area (Å²) in [5, 5.41) is 0. The maximum absolute atomic E-state index is 13.5. The first-order valence-electron chi connectivity index (χ1n) is 5.22. The fourth-order valence-corrected chi connectivity index (χ4v) is 2.35. The molecule has 1 aromatic carbocycles. The minimum atomic E-state index is -1.40. The lowest BCUT2D eigenvalue weighted by Gasteiger charge is -2.10. The molecule has 2 N–H and O–H groups in total. The molecule has 0 spiro atoms. The summed E-state index contributed by atoms with van der Waals surface area (Å²) < 4.78 is 53.6. The monoisotopic (exact) mass is 267 g/mol. The molecule has 0 saturated heterocycles. The number of halogens is 4. The minimum absolute atomic E-state index is 0.408. The fraction of sp³-hybridized carbons (Fsp3) is 0.455. The van der Waals surface area contributed by atoms with Crippen LogP contribution in [0.5, 0.6) is 0 Å². The highest BCUT2D eigenvalue weighted by Gasteiger charge is 2.24. The summed E-state index contributed by atoms with van der Waals surface area (Å²) in [7, 11) is 0. The molecular formula is C11H13F4NS. The number of nitrogens with two attached hydrogens (primary N) is 1. The van der Waals surface area contributed by atoms with E-state index in [-0.39, 0.29) is 0 Å². The van der Waals surface area contributed by atoms with Crippen LogP contribution in [0.4, 0.5) is 17.6 Å². The van der Waals surface area contributed by atoms with Crippen molar-refractivity contribution in [1.82, 2.24) is 0 Å². The third kappa shape index (κ3) is 2.93. The maximum atomic E-state index is 13.5. The molecule has 0 saturated carbocycles. The third-order valence-electron chi connectivity index (χ3n) is 2.26. The number of benzene rings is 1. The topological polar surface area (TPSA) is 26.0 Å². The van der Waals surface area contributed by atoms with Crippen molar-refractivity contribution in [2.45, 2.75) is 31.2 Å². The highest BCUT2D eigenvalue weighted by molar-refractivity contribution is 7.99. The maximum Gasteiger partial charge on any atom is 0.175 e. The van der Waals surface area contributed by atoms with Crippen molar-refractivity contribution in [2.75, 3.05) is 5.75 Å². The van der Waals surface area contributed by atoms with Crippen molar-refractivity contribution in [1.29, 1.82) is 0 Å². The van der Waals surface area contributed by atoms with E-state index in [9.17, 15) is 17.6 Å². The molecule has 0 atom stereocenters. The third-order valence-corrected chi connectivity index (χ3v) is 3.40. The molecule has 1 aromatic rings. The van der Waals surface area contributed by atoms with Gasteiger partial charge in [0.25, 0.3) is 0 Å². The van der Waals surface area contributed by atoms with Gasteiger partial charge in [-0.3, -0.25) is 0 Å². The Hall–Kier alpha value is -0.750. The summed E-state index contributed by atoms with van der Waals surface area (Å²) >= 11 is 0.775. The molecule has 0 aliphatic carbocycles. The van der Waals surface area contributed by atoms with Gasteiger partial charge in [-0.05, 0) is 12.2 Å². The van der Waals surface area contributed by atoms with Crippen molar-refractivity contribution in [3.63, 3.8) is 0 Å². The minimum Gasteiger partial charge on any atom is -0.326 e. The van der Waals surface area contributed by atoms with E-state index in [2.05, 4.69) is 0 Å². The summed E-state index contributed by atoms with van der Waals surface area (Å²) in [6.07, 6.45) is 1.55. The second-order valence-electron chi connectivity index (χ2n) is 3.47. The molecule has 0 aliphatic rings. The van der Waals surface area contributed by atoms with Crippen LogP contribution in [0.2, 0.25) is 0 Å². The zero-order chi connectivity index (χ0) is 13.0. The van der Waals surface area contributed by atoms with Gasteiger partial charge in [0.2, 0.25) is 0 Å². The van der Waals surface area contributed by atoms with E-state index in [1.807, 2.05) is 6.92 Å². The molecule has 17 heavy (non-hydrogen) atoms. The van der Waals surface area contributed by atoms with Crippen molar-refractivity contribution in [3.8, 4) is 0 Å². The molecule has 0 radical (unpaired) electrons. The number of unbranched alkanes of at least 4 members (excludes halogenated alkanes) is 1. The van der Waals surface area contributed by atoms with Gasteiger partial charge < -0.3 is 5.73 Å². The van der Waals surface area contributed by atoms with Crippen LogP contribution in [-0.4, -0.2) is 5.75 Å². The van der Waals surface area contributed by atoms with Gasteiger partial charge in [-0.1, -0.05) is 13.3 Å². The van der Waals surface area contributed by atoms with Gasteiger partial charge in [0.05, 0.1) is 4.90 Å². The lowest BCUT2D eigenvalue weighted by atomic mass is 10.2. The first-order chi connectivity index (χ1) is 8.04. The van der Waals surface area contributed by atoms with Crippen molar-refractivity contribution < 1.29 is 17.6 Å². The predicted molar refractivity (Wildman–Crippen MR) is 59.8 cm³/mol. The molecule has 0 bridgehead atoms. The summed E-state index contributed by atoms with van der Waals surface area (Å²) in [6, 6.07) is 0. The molecule has 0 amide bonds. The average molecular weight is 267 g/mol. The van der Waals surface area contributed by atoms with Crippen molar-refractivity contribution in [3.05, 3.63) is 28.8 Å². The van der Waals surface area contributed by atoms with Crippen LogP contribution in [0.1, 0.15) is 25.3 Å². The van der Waals surface area contributed by atoms with Gasteiger partial charge in [0.15, 0.2) is 23.3 Å². The quantitative estimate of drug-likeness (QED) is 0.382. The molecule has 96 valence electrons. The molecular weight excluding hydrogens is 254 g/mol. The highest BCUT2D eigenvalue weighted by atomic mass is 32.2. The molecule has 0 unspecified atom stereocenters. The van der Waals surface area contributed by atoms with Gasteiger partial charge in [0.1, 0.15) is 0 Å². The number of hydrogen-bond acceptors (Lipinski definition) is 2. The molecule has 0 fully saturated rings. The van der Waals surface area contributed by atoms with Crippen molar-refractivity contribution >= 4 is 11.8 Å². The van der Waals surface area contributed by atoms with Crippen LogP contribution < -0.4 is 5.73 Å². The van der Waals surface area contributed by atoms with E-state index in [0.29, 0.717) is 12.2 Å². The largest absolute Gasteiger partial charge is 0.326 e. The Kier molecular flexibility index (Phi) is 5.27. The second-order valence-corrected chi connectivity index (χ2v) is 4.57.